The van der Waals surface area contributed by atoms with E-state index in [4.69, 9.17) is 0 Å². The van der Waals surface area contributed by atoms with Crippen molar-refractivity contribution in [2.24, 2.45) is 0 Å². The minimum absolute atomic E-state index is 0. The molecule has 0 nitrogen and oxygen atoms in total. The van der Waals surface area contributed by atoms with Crippen LogP contribution in [-0.4, -0.2) is 10.2 Å². The summed E-state index contributed by atoms with van der Waals surface area (Å²) in [6.45, 7) is 0. The topological polar surface area (TPSA) is 0 Å². The maximum absolute atomic E-state index is 2.21. The Morgan fingerprint density at radius 2 is 1.58 bits per heavy atom. The van der Waals surface area contributed by atoms with Crippen molar-refractivity contribution in [3.8, 4) is 0 Å². The zero-order chi connectivity index (χ0) is 7.23. The molecular weight excluding hydrogens is 207 g/mol. The van der Waals surface area contributed by atoms with Gasteiger partial charge in [-0.3, -0.25) is 0 Å². The molecule has 0 fully saturated rings. The second kappa shape index (κ2) is 9.11. The van der Waals surface area contributed by atoms with Crippen molar-refractivity contribution in [1.29, 1.82) is 0 Å². The maximum Gasteiger partial charge on any atom is 0.00281 e. The van der Waals surface area contributed by atoms with Gasteiger partial charge in [-0.1, -0.05) is 42.8 Å². The molecule has 0 unspecified atom stereocenters. The minimum Gasteiger partial charge on any atom is -0.147 e. The van der Waals surface area contributed by atoms with E-state index in [0.29, 0.717) is 0 Å². The highest BCUT2D eigenvalue weighted by Crippen LogP contribution is 2.02. The summed E-state index contributed by atoms with van der Waals surface area (Å²) in [5.74, 6) is 0. The summed E-state index contributed by atoms with van der Waals surface area (Å²) in [6.07, 6.45) is 2.64. The molecule has 0 saturated heterocycles. The van der Waals surface area contributed by atoms with Gasteiger partial charge >= 0.3 is 0 Å². The maximum atomic E-state index is 2.21. The van der Waals surface area contributed by atoms with Crippen LogP contribution < -0.4 is 0 Å². The highest BCUT2D eigenvalue weighted by molar-refractivity contribution is 6.08. The van der Waals surface area contributed by atoms with Crippen LogP contribution in [0.3, 0.4) is 0 Å². The van der Waals surface area contributed by atoms with Crippen LogP contribution in [0.4, 0.5) is 0 Å². The van der Waals surface area contributed by atoms with E-state index < -0.39 is 0 Å². The third-order valence-electron chi connectivity index (χ3n) is 1.66. The van der Waals surface area contributed by atoms with Gasteiger partial charge in [0.25, 0.3) is 0 Å². The van der Waals surface area contributed by atoms with Crippen molar-refractivity contribution >= 4 is 35.1 Å². The Bertz CT molecular complexity index is 177. The predicted molar refractivity (Wildman–Crippen MR) is 64.0 cm³/mol. The number of halogens is 2. The van der Waals surface area contributed by atoms with Crippen molar-refractivity contribution < 1.29 is 0 Å². The number of hydrogen-bond acceptors (Lipinski definition) is 0. The summed E-state index contributed by atoms with van der Waals surface area (Å²) in [5, 5.41) is 0. The zero-order valence-electron chi connectivity index (χ0n) is 7.32. The van der Waals surface area contributed by atoms with Crippen LogP contribution in [0.2, 0.25) is 6.04 Å². The van der Waals surface area contributed by atoms with Crippen molar-refractivity contribution in [2.45, 2.75) is 18.9 Å². The van der Waals surface area contributed by atoms with E-state index in [2.05, 4.69) is 30.3 Å². The van der Waals surface area contributed by atoms with Crippen LogP contribution in [0.5, 0.6) is 0 Å². The molecular formula is C9H16Cl2Si. The molecule has 0 atom stereocenters. The molecule has 12 heavy (non-hydrogen) atoms. The quantitative estimate of drug-likeness (QED) is 0.689. The average Bonchev–Trinajstić information content (AvgIpc) is 2.03. The van der Waals surface area contributed by atoms with Gasteiger partial charge < -0.3 is 0 Å². The fraction of sp³-hybridized carbons (Fsp3) is 0.333. The first-order valence-corrected chi connectivity index (χ1v) is 5.39. The molecule has 0 amide bonds. The largest absolute Gasteiger partial charge is 0.147 e. The van der Waals surface area contributed by atoms with Crippen molar-refractivity contribution in [3.05, 3.63) is 35.9 Å². The molecule has 0 aliphatic heterocycles. The zero-order valence-corrected chi connectivity index (χ0v) is 11.0. The van der Waals surface area contributed by atoms with Gasteiger partial charge in [-0.15, -0.1) is 24.8 Å². The summed E-state index contributed by atoms with van der Waals surface area (Å²) in [7, 11) is 1.35. The Kier molecular flexibility index (Phi) is 11.0. The molecule has 0 aliphatic rings. The van der Waals surface area contributed by atoms with Crippen molar-refractivity contribution in [1.82, 2.24) is 0 Å². The summed E-state index contributed by atoms with van der Waals surface area (Å²) in [4.78, 5) is 0. The van der Waals surface area contributed by atoms with Crippen LogP contribution in [0.15, 0.2) is 30.3 Å². The lowest BCUT2D eigenvalue weighted by atomic mass is 10.1. The Labute approximate surface area is 90.0 Å². The molecule has 0 radical (unpaired) electrons. The van der Waals surface area contributed by atoms with Crippen LogP contribution >= 0.6 is 24.8 Å². The van der Waals surface area contributed by atoms with Crippen LogP contribution in [0, 0.1) is 0 Å². The number of aryl methyl sites for hydroxylation is 1. The Balaban J connectivity index is 0. The summed E-state index contributed by atoms with van der Waals surface area (Å²) in [6, 6.07) is 12.1. The SMILES string of the molecule is Cl.Cl.[SiH3]CCCc1ccccc1. The first kappa shape index (κ1) is 14.5. The summed E-state index contributed by atoms with van der Waals surface area (Å²) < 4.78 is 0. The Morgan fingerprint density at radius 1 is 1.00 bits per heavy atom. The molecule has 0 heterocycles. The standard InChI is InChI=1S/C9H14Si.2ClH/c10-8-4-7-9-5-2-1-3-6-9;;/h1-3,5-6H,4,7-8H2,10H3;2*1H. The van der Waals surface area contributed by atoms with Crippen molar-refractivity contribution in [2.75, 3.05) is 0 Å². The molecule has 0 bridgehead atoms. The van der Waals surface area contributed by atoms with Crippen LogP contribution in [0.25, 0.3) is 0 Å². The summed E-state index contributed by atoms with van der Waals surface area (Å²) in [5.41, 5.74) is 1.48. The van der Waals surface area contributed by atoms with Crippen molar-refractivity contribution in [3.63, 3.8) is 0 Å². The van der Waals surface area contributed by atoms with Gasteiger partial charge in [0.1, 0.15) is 0 Å². The van der Waals surface area contributed by atoms with Gasteiger partial charge in [-0.2, -0.15) is 0 Å². The third-order valence-corrected chi connectivity index (χ3v) is 2.37. The fourth-order valence-corrected chi connectivity index (χ4v) is 1.38. The molecule has 0 aliphatic carbocycles. The third kappa shape index (κ3) is 5.64. The van der Waals surface area contributed by atoms with Gasteiger partial charge in [0.15, 0.2) is 0 Å². The minimum atomic E-state index is 0. The molecule has 0 spiro atoms. The van der Waals surface area contributed by atoms with E-state index in [1.54, 1.807) is 0 Å². The number of benzene rings is 1. The predicted octanol–water partition coefficient (Wildman–Crippen LogP) is 2.25. The average molecular weight is 223 g/mol. The Hall–Kier alpha value is 0.0169. The first-order chi connectivity index (χ1) is 4.93. The van der Waals surface area contributed by atoms with Crippen LogP contribution in [-0.2, 0) is 6.42 Å². The summed E-state index contributed by atoms with van der Waals surface area (Å²) >= 11 is 0. The lowest BCUT2D eigenvalue weighted by Crippen LogP contribution is -1.82. The molecule has 3 heteroatoms. The van der Waals surface area contributed by atoms with E-state index in [9.17, 15) is 0 Å². The molecule has 0 N–H and O–H groups in total. The van der Waals surface area contributed by atoms with E-state index in [1.165, 1.54) is 34.7 Å². The number of rotatable bonds is 3. The lowest BCUT2D eigenvalue weighted by molar-refractivity contribution is 0.919. The van der Waals surface area contributed by atoms with Gasteiger partial charge in [0.05, 0.1) is 0 Å². The van der Waals surface area contributed by atoms with E-state index in [1.807, 2.05) is 0 Å². The molecule has 1 aromatic rings. The lowest BCUT2D eigenvalue weighted by Gasteiger charge is -1.96. The van der Waals surface area contributed by atoms with Gasteiger partial charge in [-0.05, 0) is 12.0 Å². The molecule has 0 aromatic heterocycles. The molecule has 1 aromatic carbocycles. The van der Waals surface area contributed by atoms with Gasteiger partial charge in [0, 0.05) is 10.2 Å². The van der Waals surface area contributed by atoms with Crippen LogP contribution in [0.1, 0.15) is 12.0 Å². The molecule has 1 rings (SSSR count). The molecule has 70 valence electrons. The van der Waals surface area contributed by atoms with E-state index >= 15 is 0 Å². The van der Waals surface area contributed by atoms with Gasteiger partial charge in [-0.25, -0.2) is 0 Å². The monoisotopic (exact) mass is 222 g/mol. The van der Waals surface area contributed by atoms with Gasteiger partial charge in [0.2, 0.25) is 0 Å². The second-order valence-electron chi connectivity index (χ2n) is 2.59. The van der Waals surface area contributed by atoms with E-state index in [-0.39, 0.29) is 24.8 Å². The highest BCUT2D eigenvalue weighted by atomic mass is 35.5. The van der Waals surface area contributed by atoms with E-state index in [0.717, 1.165) is 0 Å². The second-order valence-corrected chi connectivity index (χ2v) is 3.59. The Morgan fingerprint density at radius 3 is 2.08 bits per heavy atom. The normalized spacial score (nSPS) is 8.33. The molecule has 0 saturated carbocycles. The smallest absolute Gasteiger partial charge is 0.00281 e. The fourth-order valence-electron chi connectivity index (χ4n) is 1.03. The number of hydrogen-bond donors (Lipinski definition) is 0. The first-order valence-electron chi connectivity index (χ1n) is 3.97. The highest BCUT2D eigenvalue weighted by Gasteiger charge is 1.87.